The van der Waals surface area contributed by atoms with Gasteiger partial charge in [-0.2, -0.15) is 5.10 Å². The van der Waals surface area contributed by atoms with Gasteiger partial charge in [-0.25, -0.2) is 0 Å². The van der Waals surface area contributed by atoms with Gasteiger partial charge in [0.2, 0.25) is 0 Å². The van der Waals surface area contributed by atoms with Crippen LogP contribution in [-0.4, -0.2) is 16.5 Å². The monoisotopic (exact) mass is 140 g/mol. The summed E-state index contributed by atoms with van der Waals surface area (Å²) in [5.74, 6) is 1.93. The molecule has 0 aliphatic rings. The average Bonchev–Trinajstić information content (AvgIpc) is 2.13. The summed E-state index contributed by atoms with van der Waals surface area (Å²) >= 11 is 0. The van der Waals surface area contributed by atoms with E-state index < -0.39 is 0 Å². The highest BCUT2D eigenvalue weighted by atomic mass is 31.0. The SMILES string of the molecule is CB(C)c1pcnn1C. The van der Waals surface area contributed by atoms with Crippen LogP contribution in [0, 0.1) is 0 Å². The molecular formula is C5H10BN2P. The molecule has 0 saturated heterocycles. The Bertz CT molecular complexity index is 197. The summed E-state index contributed by atoms with van der Waals surface area (Å²) in [6.07, 6.45) is 0. The van der Waals surface area contributed by atoms with Crippen molar-refractivity contribution in [1.29, 1.82) is 0 Å². The first-order chi connectivity index (χ1) is 4.22. The van der Waals surface area contributed by atoms with Crippen molar-refractivity contribution >= 4 is 20.2 Å². The van der Waals surface area contributed by atoms with E-state index in [2.05, 4.69) is 18.7 Å². The van der Waals surface area contributed by atoms with Gasteiger partial charge in [0, 0.05) is 12.4 Å². The summed E-state index contributed by atoms with van der Waals surface area (Å²) in [4.78, 5) is 0. The van der Waals surface area contributed by atoms with Crippen LogP contribution in [0.5, 0.6) is 0 Å². The number of hydrogen-bond acceptors (Lipinski definition) is 1. The second kappa shape index (κ2) is 2.53. The van der Waals surface area contributed by atoms with Crippen molar-refractivity contribution in [3.05, 3.63) is 5.93 Å². The maximum absolute atomic E-state index is 4.10. The number of nitrogens with zero attached hydrogens (tertiary/aromatic N) is 2. The summed E-state index contributed by atoms with van der Waals surface area (Å²) in [6, 6.07) is 0. The molecule has 1 aromatic rings. The van der Waals surface area contributed by atoms with Crippen LogP contribution in [-0.2, 0) is 7.05 Å². The molecule has 0 aliphatic carbocycles. The maximum Gasteiger partial charge on any atom is 0.199 e. The van der Waals surface area contributed by atoms with Crippen LogP contribution in [0.1, 0.15) is 0 Å². The third-order valence-electron chi connectivity index (χ3n) is 1.26. The zero-order valence-electron chi connectivity index (χ0n) is 6.00. The van der Waals surface area contributed by atoms with Crippen LogP contribution in [0.3, 0.4) is 0 Å². The lowest BCUT2D eigenvalue weighted by Gasteiger charge is -1.98. The lowest BCUT2D eigenvalue weighted by atomic mass is 9.56. The summed E-state index contributed by atoms with van der Waals surface area (Å²) in [5.41, 5.74) is 0. The van der Waals surface area contributed by atoms with Crippen LogP contribution in [0.2, 0.25) is 13.6 Å². The summed E-state index contributed by atoms with van der Waals surface area (Å²) in [6.45, 7) is 5.00. The second-order valence-electron chi connectivity index (χ2n) is 2.40. The molecule has 0 spiro atoms. The third kappa shape index (κ3) is 1.34. The van der Waals surface area contributed by atoms with Crippen LogP contribution in [0.4, 0.5) is 0 Å². The third-order valence-corrected chi connectivity index (χ3v) is 2.55. The molecule has 0 atom stereocenters. The Morgan fingerprint density at radius 1 is 1.67 bits per heavy atom. The fourth-order valence-electron chi connectivity index (χ4n) is 0.828. The van der Waals surface area contributed by atoms with Gasteiger partial charge in [-0.3, -0.25) is 4.68 Å². The van der Waals surface area contributed by atoms with Crippen molar-refractivity contribution in [1.82, 2.24) is 9.78 Å². The van der Waals surface area contributed by atoms with Gasteiger partial charge in [-0.1, -0.05) is 13.6 Å². The average molecular weight is 140 g/mol. The molecule has 0 bridgehead atoms. The first-order valence-corrected chi connectivity index (χ1v) is 4.02. The van der Waals surface area contributed by atoms with Gasteiger partial charge in [0.15, 0.2) is 6.71 Å². The van der Waals surface area contributed by atoms with E-state index in [4.69, 9.17) is 0 Å². The van der Waals surface area contributed by atoms with E-state index in [9.17, 15) is 0 Å². The van der Waals surface area contributed by atoms with E-state index in [1.54, 1.807) is 0 Å². The second-order valence-corrected chi connectivity index (χ2v) is 3.34. The molecular weight excluding hydrogens is 130 g/mol. The molecule has 2 nitrogen and oxygen atoms in total. The fourth-order valence-corrected chi connectivity index (χ4v) is 1.67. The number of aryl methyl sites for hydroxylation is 1. The van der Waals surface area contributed by atoms with E-state index in [1.807, 2.05) is 17.7 Å². The Hall–Kier alpha value is -0.295. The highest BCUT2D eigenvalue weighted by Crippen LogP contribution is 1.98. The van der Waals surface area contributed by atoms with Crippen LogP contribution in [0.25, 0.3) is 0 Å². The molecule has 1 aromatic heterocycles. The van der Waals surface area contributed by atoms with Gasteiger partial charge >= 0.3 is 0 Å². The Morgan fingerprint density at radius 2 is 2.33 bits per heavy atom. The molecule has 0 unspecified atom stereocenters. The van der Waals surface area contributed by atoms with Crippen molar-refractivity contribution in [2.45, 2.75) is 13.6 Å². The predicted molar refractivity (Wildman–Crippen MR) is 42.8 cm³/mol. The van der Waals surface area contributed by atoms with Crippen molar-refractivity contribution in [2.75, 3.05) is 0 Å². The van der Waals surface area contributed by atoms with Crippen LogP contribution < -0.4 is 5.33 Å². The molecule has 0 fully saturated rings. The standard InChI is InChI=1S/C5H10BN2P/c1-6(2)5-8(3)7-4-9-5/h4H,1-3H3. The molecule has 0 saturated carbocycles. The Morgan fingerprint density at radius 3 is 2.56 bits per heavy atom. The molecule has 0 amide bonds. The highest BCUT2D eigenvalue weighted by Gasteiger charge is 2.06. The zero-order valence-corrected chi connectivity index (χ0v) is 6.89. The Labute approximate surface area is 57.5 Å². The number of rotatable bonds is 1. The zero-order chi connectivity index (χ0) is 6.85. The lowest BCUT2D eigenvalue weighted by Crippen LogP contribution is -2.27. The molecule has 0 aliphatic heterocycles. The molecule has 0 radical (unpaired) electrons. The smallest absolute Gasteiger partial charge is 0.199 e. The van der Waals surface area contributed by atoms with Crippen molar-refractivity contribution in [3.8, 4) is 0 Å². The van der Waals surface area contributed by atoms with Gasteiger partial charge in [-0.15, -0.1) is 0 Å². The summed E-state index contributed by atoms with van der Waals surface area (Å²) < 4.78 is 1.95. The van der Waals surface area contributed by atoms with Crippen LogP contribution >= 0.6 is 8.19 Å². The van der Waals surface area contributed by atoms with Crippen LogP contribution in [0.15, 0.2) is 5.93 Å². The number of hydrogen-bond donors (Lipinski definition) is 0. The Kier molecular flexibility index (Phi) is 1.92. The minimum Gasteiger partial charge on any atom is -0.277 e. The topological polar surface area (TPSA) is 17.8 Å². The Balaban J connectivity index is 2.94. The van der Waals surface area contributed by atoms with E-state index in [0.29, 0.717) is 6.71 Å². The van der Waals surface area contributed by atoms with Gasteiger partial charge in [0.05, 0.1) is 5.93 Å². The molecule has 4 heteroatoms. The van der Waals surface area contributed by atoms with Crippen molar-refractivity contribution in [3.63, 3.8) is 0 Å². The van der Waals surface area contributed by atoms with E-state index in [0.717, 1.165) is 0 Å². The fraction of sp³-hybridized carbons (Fsp3) is 0.600. The van der Waals surface area contributed by atoms with Gasteiger partial charge in [-0.05, 0) is 8.19 Å². The quantitative estimate of drug-likeness (QED) is 0.531. The number of aromatic nitrogens is 2. The minimum atomic E-state index is 0.624. The lowest BCUT2D eigenvalue weighted by molar-refractivity contribution is 0.788. The minimum absolute atomic E-state index is 0.624. The molecule has 48 valence electrons. The molecule has 9 heavy (non-hydrogen) atoms. The first-order valence-electron chi connectivity index (χ1n) is 3.05. The van der Waals surface area contributed by atoms with Gasteiger partial charge in [0.25, 0.3) is 0 Å². The molecule has 1 rings (SSSR count). The van der Waals surface area contributed by atoms with Crippen molar-refractivity contribution in [2.24, 2.45) is 7.05 Å². The van der Waals surface area contributed by atoms with Gasteiger partial charge < -0.3 is 0 Å². The van der Waals surface area contributed by atoms with E-state index in [1.165, 1.54) is 13.5 Å². The molecule has 1 heterocycles. The first kappa shape index (κ1) is 6.82. The van der Waals surface area contributed by atoms with E-state index in [-0.39, 0.29) is 0 Å². The molecule has 0 aromatic carbocycles. The van der Waals surface area contributed by atoms with E-state index >= 15 is 0 Å². The largest absolute Gasteiger partial charge is 0.277 e. The predicted octanol–water partition coefficient (Wildman–Crippen LogP) is 0.962. The van der Waals surface area contributed by atoms with Gasteiger partial charge in [0.1, 0.15) is 0 Å². The summed E-state index contributed by atoms with van der Waals surface area (Å²) in [7, 11) is 3.25. The molecule has 0 N–H and O–H groups in total. The summed E-state index contributed by atoms with van der Waals surface area (Å²) in [5, 5.41) is 5.48. The highest BCUT2D eigenvalue weighted by molar-refractivity contribution is 7.38. The van der Waals surface area contributed by atoms with Crippen molar-refractivity contribution < 1.29 is 0 Å². The normalized spacial score (nSPS) is 10.6. The maximum atomic E-state index is 4.10.